The fourth-order valence-corrected chi connectivity index (χ4v) is 4.65. The van der Waals surface area contributed by atoms with Crippen molar-refractivity contribution in [3.8, 4) is 11.5 Å². The van der Waals surface area contributed by atoms with E-state index >= 15 is 0 Å². The number of rotatable bonds is 8. The summed E-state index contributed by atoms with van der Waals surface area (Å²) in [7, 11) is -4.11. The Labute approximate surface area is 222 Å². The number of hydrogen-bond donors (Lipinski definition) is 1. The molecule has 10 heteroatoms. The molecule has 0 heterocycles. The lowest BCUT2D eigenvalue weighted by atomic mass is 10.1. The normalized spacial score (nSPS) is 12.2. The molecule has 1 amide bonds. The van der Waals surface area contributed by atoms with Gasteiger partial charge in [-0.3, -0.25) is 0 Å². The van der Waals surface area contributed by atoms with E-state index in [4.69, 9.17) is 31.0 Å². The van der Waals surface area contributed by atoms with Crippen LogP contribution in [0.1, 0.15) is 37.5 Å². The highest BCUT2D eigenvalue weighted by Gasteiger charge is 2.20. The lowest BCUT2D eigenvalue weighted by molar-refractivity contribution is 0.0604. The molecule has 0 saturated heterocycles. The van der Waals surface area contributed by atoms with E-state index in [1.807, 2.05) is 19.1 Å². The third-order valence-electron chi connectivity index (χ3n) is 4.85. The number of benzene rings is 3. The van der Waals surface area contributed by atoms with E-state index in [-0.39, 0.29) is 21.5 Å². The first kappa shape index (κ1) is 28.0. The number of halogens is 1. The second-order valence-electron chi connectivity index (χ2n) is 9.22. The third kappa shape index (κ3) is 8.51. The van der Waals surface area contributed by atoms with Crippen LogP contribution in [0.2, 0.25) is 5.02 Å². The first-order chi connectivity index (χ1) is 17.3. The summed E-state index contributed by atoms with van der Waals surface area (Å²) in [5.74, 6) is 0.657. The maximum Gasteiger partial charge on any atom is 0.436 e. The van der Waals surface area contributed by atoms with Crippen molar-refractivity contribution in [3.05, 3.63) is 88.4 Å². The molecule has 0 aliphatic heterocycles. The van der Waals surface area contributed by atoms with Gasteiger partial charge in [0.1, 0.15) is 27.8 Å². The van der Waals surface area contributed by atoms with Crippen molar-refractivity contribution in [2.24, 2.45) is 10.7 Å². The van der Waals surface area contributed by atoms with Crippen molar-refractivity contribution < 1.29 is 26.9 Å². The lowest BCUT2D eigenvalue weighted by Gasteiger charge is -2.17. The number of nitrogens with two attached hydrogens (primary N) is 1. The molecule has 0 aromatic heterocycles. The number of amidine groups is 1. The van der Waals surface area contributed by atoms with Gasteiger partial charge in [-0.15, -0.1) is 0 Å². The van der Waals surface area contributed by atoms with E-state index in [1.165, 1.54) is 18.2 Å². The molecule has 0 saturated carbocycles. The molecule has 0 bridgehead atoms. The van der Waals surface area contributed by atoms with Gasteiger partial charge in [0, 0.05) is 18.1 Å². The molecule has 0 fully saturated rings. The highest BCUT2D eigenvalue weighted by Crippen LogP contribution is 2.28. The van der Waals surface area contributed by atoms with Gasteiger partial charge >= 0.3 is 16.2 Å². The van der Waals surface area contributed by atoms with Gasteiger partial charge in [-0.1, -0.05) is 48.0 Å². The summed E-state index contributed by atoms with van der Waals surface area (Å²) in [6.07, 6.45) is -0.172. The van der Waals surface area contributed by atoms with Crippen LogP contribution in [-0.4, -0.2) is 32.6 Å². The molecule has 0 spiro atoms. The quantitative estimate of drug-likeness (QED) is 0.220. The molecule has 8 nitrogen and oxygen atoms in total. The number of carbonyl (C=O) groups excluding carboxylic acids is 1. The zero-order valence-corrected chi connectivity index (χ0v) is 22.6. The van der Waals surface area contributed by atoms with Gasteiger partial charge in [-0.2, -0.15) is 13.4 Å². The second-order valence-corrected chi connectivity index (χ2v) is 11.1. The molecule has 3 rings (SSSR count). The number of carbonyl (C=O) groups is 1. The molecule has 37 heavy (non-hydrogen) atoms. The highest BCUT2D eigenvalue weighted by molar-refractivity contribution is 7.87. The van der Waals surface area contributed by atoms with E-state index < -0.39 is 21.8 Å². The number of aliphatic imine (C=N–C) groups is 1. The highest BCUT2D eigenvalue weighted by atomic mass is 35.5. The number of hydrogen-bond acceptors (Lipinski definition) is 6. The molecule has 0 aliphatic rings. The summed E-state index contributed by atoms with van der Waals surface area (Å²) in [5, 5.41) is 0.0792. The summed E-state index contributed by atoms with van der Waals surface area (Å²) in [5.41, 5.74) is 7.60. The maximum absolute atomic E-state index is 12.6. The number of aryl methyl sites for hydroxylation is 1. The summed E-state index contributed by atoms with van der Waals surface area (Å²) >= 11 is 6.02. The number of nitrogens with zero attached hydrogens (tertiary/aromatic N) is 1. The van der Waals surface area contributed by atoms with Gasteiger partial charge in [-0.25, -0.2) is 4.79 Å². The molecule has 2 N–H and O–H groups in total. The van der Waals surface area contributed by atoms with Gasteiger partial charge in [0.15, 0.2) is 0 Å². The van der Waals surface area contributed by atoms with Crippen molar-refractivity contribution in [1.82, 2.24) is 0 Å². The van der Waals surface area contributed by atoms with E-state index in [0.717, 1.165) is 11.1 Å². The van der Waals surface area contributed by atoms with Crippen molar-refractivity contribution in [2.75, 3.05) is 6.61 Å². The van der Waals surface area contributed by atoms with Gasteiger partial charge in [0.2, 0.25) is 0 Å². The van der Waals surface area contributed by atoms with Crippen molar-refractivity contribution in [2.45, 2.75) is 44.6 Å². The van der Waals surface area contributed by atoms with Crippen LogP contribution in [0.4, 0.5) is 4.79 Å². The maximum atomic E-state index is 12.6. The Morgan fingerprint density at radius 1 is 1.00 bits per heavy atom. The molecule has 3 aromatic rings. The Bertz CT molecular complexity index is 1400. The van der Waals surface area contributed by atoms with Crippen LogP contribution in [0, 0.1) is 6.92 Å². The molecular weight excluding hydrogens is 516 g/mol. The SMILES string of the molecule is Cc1cc(OCCc2ccc(C(N)=NC(=O)OC(C)(C)C)cc2)cc(OS(=O)(=O)c2ccccc2Cl)c1. The number of amides is 1. The van der Waals surface area contributed by atoms with Crippen LogP contribution < -0.4 is 14.7 Å². The molecule has 0 aliphatic carbocycles. The predicted molar refractivity (Wildman–Crippen MR) is 143 cm³/mol. The smallest absolute Gasteiger partial charge is 0.436 e. The third-order valence-corrected chi connectivity index (χ3v) is 6.60. The predicted octanol–water partition coefficient (Wildman–Crippen LogP) is 5.68. The van der Waals surface area contributed by atoms with Crippen LogP contribution in [0.15, 0.2) is 76.6 Å². The van der Waals surface area contributed by atoms with Gasteiger partial charge in [-0.05, 0) is 63.1 Å². The van der Waals surface area contributed by atoms with Crippen molar-refractivity contribution >= 4 is 33.6 Å². The van der Waals surface area contributed by atoms with Crippen LogP contribution in [0.3, 0.4) is 0 Å². The van der Waals surface area contributed by atoms with E-state index in [0.29, 0.717) is 24.3 Å². The molecule has 0 unspecified atom stereocenters. The molecule has 196 valence electrons. The summed E-state index contributed by atoms with van der Waals surface area (Å²) in [6.45, 7) is 7.40. The van der Waals surface area contributed by atoms with Gasteiger partial charge < -0.3 is 19.4 Å². The van der Waals surface area contributed by atoms with Crippen molar-refractivity contribution in [3.63, 3.8) is 0 Å². The Hall–Kier alpha value is -3.56. The summed E-state index contributed by atoms with van der Waals surface area (Å²) < 4.78 is 41.6. The van der Waals surface area contributed by atoms with E-state index in [1.54, 1.807) is 57.2 Å². The minimum Gasteiger partial charge on any atom is -0.493 e. The Morgan fingerprint density at radius 3 is 2.30 bits per heavy atom. The van der Waals surface area contributed by atoms with Gasteiger partial charge in [0.25, 0.3) is 0 Å². The lowest BCUT2D eigenvalue weighted by Crippen LogP contribution is -2.24. The van der Waals surface area contributed by atoms with Crippen molar-refractivity contribution in [1.29, 1.82) is 0 Å². The average molecular weight is 545 g/mol. The molecule has 3 aromatic carbocycles. The van der Waals surface area contributed by atoms with Crippen LogP contribution >= 0.6 is 11.6 Å². The topological polar surface area (TPSA) is 117 Å². The Morgan fingerprint density at radius 2 is 1.65 bits per heavy atom. The van der Waals surface area contributed by atoms with Crippen LogP contribution in [0.25, 0.3) is 0 Å². The Kier molecular flexibility index (Phi) is 8.83. The zero-order valence-electron chi connectivity index (χ0n) is 21.0. The first-order valence-electron chi connectivity index (χ1n) is 11.4. The van der Waals surface area contributed by atoms with Crippen LogP contribution in [0.5, 0.6) is 11.5 Å². The first-order valence-corrected chi connectivity index (χ1v) is 13.2. The molecule has 0 atom stereocenters. The largest absolute Gasteiger partial charge is 0.493 e. The molecular formula is C27H29ClN2O6S. The van der Waals surface area contributed by atoms with E-state index in [2.05, 4.69) is 4.99 Å². The molecule has 0 radical (unpaired) electrons. The van der Waals surface area contributed by atoms with E-state index in [9.17, 15) is 13.2 Å². The Balaban J connectivity index is 1.61. The average Bonchev–Trinajstić information content (AvgIpc) is 2.77. The summed E-state index contributed by atoms with van der Waals surface area (Å²) in [4.78, 5) is 15.5. The monoisotopic (exact) mass is 544 g/mol. The standard InChI is InChI=1S/C27H29ClN2O6S/c1-18-15-21(17-22(16-18)36-37(32,33)24-8-6-5-7-23(24)28)34-14-13-19-9-11-20(12-10-19)25(29)30-26(31)35-27(2,3)4/h5-12,15-17H,13-14H2,1-4H3,(H2,29,30,31). The zero-order chi connectivity index (χ0) is 27.2. The summed E-state index contributed by atoms with van der Waals surface area (Å²) in [6, 6.07) is 18.2. The number of ether oxygens (including phenoxy) is 2. The van der Waals surface area contributed by atoms with Gasteiger partial charge in [0.05, 0.1) is 11.6 Å². The fourth-order valence-electron chi connectivity index (χ4n) is 3.24. The minimum absolute atomic E-state index is 0.0658. The second kappa shape index (κ2) is 11.7. The minimum atomic E-state index is -4.11. The van der Waals surface area contributed by atoms with Crippen LogP contribution in [-0.2, 0) is 21.3 Å². The fraction of sp³-hybridized carbons (Fsp3) is 0.259.